The van der Waals surface area contributed by atoms with Crippen LogP contribution in [0.4, 0.5) is 4.79 Å². The number of carboxylic acid groups (broad SMARTS) is 1. The van der Waals surface area contributed by atoms with Gasteiger partial charge in [0.2, 0.25) is 0 Å². The average Bonchev–Trinajstić information content (AvgIpc) is 2.75. The van der Waals surface area contributed by atoms with Gasteiger partial charge in [-0.05, 0) is 18.2 Å². The van der Waals surface area contributed by atoms with Gasteiger partial charge in [-0.2, -0.15) is 0 Å². The number of benzene rings is 2. The quantitative estimate of drug-likeness (QED) is 0.540. The normalized spacial score (nSPS) is 12.7. The number of aliphatic carboxylic acids is 1. The predicted octanol–water partition coefficient (Wildman–Crippen LogP) is 2.94. The molecule has 8 heteroatoms. The molecule has 0 aromatic heterocycles. The van der Waals surface area contributed by atoms with Crippen LogP contribution in [-0.4, -0.2) is 41.4 Å². The van der Waals surface area contributed by atoms with Gasteiger partial charge >= 0.3 is 12.1 Å². The fraction of sp³-hybridized carbons (Fsp3) is 0.227. The molecule has 30 heavy (non-hydrogen) atoms. The topological polar surface area (TPSA) is 122 Å². The molecule has 0 fully saturated rings. The number of carbonyl (C=O) groups is 3. The second kappa shape index (κ2) is 11.4. The lowest BCUT2D eigenvalue weighted by Gasteiger charge is -2.24. The van der Waals surface area contributed by atoms with E-state index in [4.69, 9.17) is 19.7 Å². The van der Waals surface area contributed by atoms with Crippen molar-refractivity contribution in [3.63, 3.8) is 0 Å². The minimum Gasteiger partial charge on any atom is -0.491 e. The molecule has 0 bridgehead atoms. The van der Waals surface area contributed by atoms with Crippen molar-refractivity contribution < 1.29 is 34.1 Å². The minimum atomic E-state index is -1.14. The van der Waals surface area contributed by atoms with E-state index in [2.05, 4.69) is 5.32 Å². The molecular weight excluding hydrogens is 390 g/mol. The van der Waals surface area contributed by atoms with Crippen LogP contribution in [0.2, 0.25) is 0 Å². The lowest BCUT2D eigenvalue weighted by atomic mass is 9.96. The first kappa shape index (κ1) is 22.6. The van der Waals surface area contributed by atoms with Gasteiger partial charge in [-0.25, -0.2) is 9.59 Å². The fourth-order valence-corrected chi connectivity index (χ4v) is 2.69. The zero-order valence-electron chi connectivity index (χ0n) is 16.4. The molecule has 158 valence electrons. The van der Waals surface area contributed by atoms with E-state index in [0.29, 0.717) is 11.3 Å². The summed E-state index contributed by atoms with van der Waals surface area (Å²) in [6.45, 7) is 1.49. The highest BCUT2D eigenvalue weighted by Crippen LogP contribution is 2.34. The van der Waals surface area contributed by atoms with E-state index in [1.165, 1.54) is 6.08 Å². The van der Waals surface area contributed by atoms with Crippen LogP contribution in [0, 0.1) is 5.92 Å². The molecule has 0 saturated heterocycles. The Bertz CT molecular complexity index is 895. The minimum absolute atomic E-state index is 0.0295. The summed E-state index contributed by atoms with van der Waals surface area (Å²) in [6.07, 6.45) is 0.397. The van der Waals surface area contributed by atoms with Gasteiger partial charge in [0.05, 0.1) is 6.61 Å². The molecule has 2 atom stereocenters. The SMILES string of the molecule is C[C@H](/C=C/C(=O)O)[C@H](OC(=O)NC(=O)c1ccccc1)c1ccccc1OCCO. The molecule has 0 saturated carbocycles. The van der Waals surface area contributed by atoms with Crippen LogP contribution in [0.1, 0.15) is 28.9 Å². The van der Waals surface area contributed by atoms with Gasteiger partial charge in [-0.15, -0.1) is 0 Å². The number of rotatable bonds is 9. The number of hydrogen-bond acceptors (Lipinski definition) is 6. The van der Waals surface area contributed by atoms with Crippen molar-refractivity contribution in [3.05, 3.63) is 77.9 Å². The molecule has 8 nitrogen and oxygen atoms in total. The standard InChI is InChI=1S/C22H23NO7/c1-15(11-12-19(25)26)20(17-9-5-6-10-18(17)29-14-13-24)30-22(28)23-21(27)16-7-3-2-4-8-16/h2-12,15,20,24H,13-14H2,1H3,(H,25,26)(H,23,27,28)/b12-11+/t15-,20+/m1/s1. The summed E-state index contributed by atoms with van der Waals surface area (Å²) >= 11 is 0. The number of aliphatic hydroxyl groups excluding tert-OH is 1. The molecule has 2 rings (SSSR count). The van der Waals surface area contributed by atoms with E-state index >= 15 is 0 Å². The first-order valence-electron chi connectivity index (χ1n) is 9.23. The van der Waals surface area contributed by atoms with Gasteiger partial charge in [-0.3, -0.25) is 10.1 Å². The molecule has 0 aliphatic rings. The first-order chi connectivity index (χ1) is 14.4. The van der Waals surface area contributed by atoms with Crippen LogP contribution in [0.3, 0.4) is 0 Å². The number of alkyl carbamates (subject to hydrolysis) is 1. The number of hydrogen-bond donors (Lipinski definition) is 3. The maximum absolute atomic E-state index is 12.4. The predicted molar refractivity (Wildman–Crippen MR) is 108 cm³/mol. The largest absolute Gasteiger partial charge is 0.491 e. The van der Waals surface area contributed by atoms with Crippen molar-refractivity contribution in [2.24, 2.45) is 5.92 Å². The van der Waals surface area contributed by atoms with E-state index in [-0.39, 0.29) is 18.8 Å². The van der Waals surface area contributed by atoms with E-state index in [1.807, 2.05) is 0 Å². The molecule has 0 radical (unpaired) electrons. The zero-order valence-corrected chi connectivity index (χ0v) is 16.4. The third-order valence-corrected chi connectivity index (χ3v) is 4.08. The Labute approximate surface area is 173 Å². The van der Waals surface area contributed by atoms with E-state index in [1.54, 1.807) is 61.5 Å². The summed E-state index contributed by atoms with van der Waals surface area (Å²) in [6, 6.07) is 14.9. The average molecular weight is 413 g/mol. The number of ether oxygens (including phenoxy) is 2. The number of carboxylic acids is 1. The fourth-order valence-electron chi connectivity index (χ4n) is 2.69. The number of amides is 2. The van der Waals surface area contributed by atoms with E-state index in [9.17, 15) is 14.4 Å². The van der Waals surface area contributed by atoms with Gasteiger partial charge in [0, 0.05) is 23.1 Å². The summed E-state index contributed by atoms with van der Waals surface area (Å²) < 4.78 is 11.0. The molecule has 0 spiro atoms. The van der Waals surface area contributed by atoms with Gasteiger partial charge in [0.1, 0.15) is 18.5 Å². The summed E-state index contributed by atoms with van der Waals surface area (Å²) in [4.78, 5) is 35.5. The molecule has 2 aromatic carbocycles. The number of nitrogens with one attached hydrogen (secondary N) is 1. The second-order valence-electron chi connectivity index (χ2n) is 6.31. The van der Waals surface area contributed by atoms with Crippen molar-refractivity contribution in [1.29, 1.82) is 0 Å². The van der Waals surface area contributed by atoms with Gasteiger partial charge in [0.25, 0.3) is 5.91 Å². The zero-order chi connectivity index (χ0) is 21.9. The van der Waals surface area contributed by atoms with Crippen molar-refractivity contribution in [2.45, 2.75) is 13.0 Å². The van der Waals surface area contributed by atoms with Crippen LogP contribution in [-0.2, 0) is 9.53 Å². The third-order valence-electron chi connectivity index (χ3n) is 4.08. The summed E-state index contributed by atoms with van der Waals surface area (Å²) in [5.41, 5.74) is 0.757. The lowest BCUT2D eigenvalue weighted by molar-refractivity contribution is -0.131. The molecule has 0 aliphatic heterocycles. The maximum atomic E-state index is 12.4. The monoisotopic (exact) mass is 413 g/mol. The summed E-state index contributed by atoms with van der Waals surface area (Å²) in [5, 5.41) is 20.1. The van der Waals surface area contributed by atoms with Gasteiger partial charge in [-0.1, -0.05) is 49.4 Å². The van der Waals surface area contributed by atoms with Crippen molar-refractivity contribution in [1.82, 2.24) is 5.32 Å². The molecule has 0 heterocycles. The molecule has 3 N–H and O–H groups in total. The third kappa shape index (κ3) is 6.75. The summed E-state index contributed by atoms with van der Waals surface area (Å²) in [5.74, 6) is -1.96. The molecule has 0 aliphatic carbocycles. The Balaban J connectivity index is 2.25. The molecule has 0 unspecified atom stereocenters. The number of imide groups is 1. The smallest absolute Gasteiger partial charge is 0.414 e. The van der Waals surface area contributed by atoms with Crippen molar-refractivity contribution in [3.8, 4) is 5.75 Å². The number of carbonyl (C=O) groups excluding carboxylic acids is 2. The molecule has 2 amide bonds. The van der Waals surface area contributed by atoms with Crippen LogP contribution >= 0.6 is 0 Å². The Morgan fingerprint density at radius 3 is 2.40 bits per heavy atom. The highest BCUT2D eigenvalue weighted by atomic mass is 16.6. The van der Waals surface area contributed by atoms with Gasteiger partial charge < -0.3 is 19.7 Å². The Morgan fingerprint density at radius 2 is 1.73 bits per heavy atom. The van der Waals surface area contributed by atoms with Crippen molar-refractivity contribution in [2.75, 3.05) is 13.2 Å². The maximum Gasteiger partial charge on any atom is 0.414 e. The van der Waals surface area contributed by atoms with Crippen LogP contribution < -0.4 is 10.1 Å². The second-order valence-corrected chi connectivity index (χ2v) is 6.31. The number of aliphatic hydroxyl groups is 1. The van der Waals surface area contributed by atoms with Crippen LogP contribution in [0.5, 0.6) is 5.75 Å². The lowest BCUT2D eigenvalue weighted by Crippen LogP contribution is -2.33. The first-order valence-corrected chi connectivity index (χ1v) is 9.23. The molecule has 2 aromatic rings. The highest BCUT2D eigenvalue weighted by Gasteiger charge is 2.26. The van der Waals surface area contributed by atoms with Crippen LogP contribution in [0.15, 0.2) is 66.7 Å². The molecular formula is C22H23NO7. The Kier molecular flexibility index (Phi) is 8.58. The van der Waals surface area contributed by atoms with Crippen LogP contribution in [0.25, 0.3) is 0 Å². The Morgan fingerprint density at radius 1 is 1.07 bits per heavy atom. The summed E-state index contributed by atoms with van der Waals surface area (Å²) in [7, 11) is 0. The van der Waals surface area contributed by atoms with E-state index in [0.717, 1.165) is 6.08 Å². The number of para-hydroxylation sites is 1. The van der Waals surface area contributed by atoms with E-state index < -0.39 is 30.0 Å². The highest BCUT2D eigenvalue weighted by molar-refractivity contribution is 6.02. The van der Waals surface area contributed by atoms with Crippen molar-refractivity contribution >= 4 is 18.0 Å². The Hall–Kier alpha value is -3.65. The van der Waals surface area contributed by atoms with Gasteiger partial charge in [0.15, 0.2) is 0 Å².